The molecule has 152 valence electrons. The monoisotopic (exact) mass is 406 g/mol. The molecule has 0 unspecified atom stereocenters. The predicted molar refractivity (Wildman–Crippen MR) is 119 cm³/mol. The van der Waals surface area contributed by atoms with Crippen LogP contribution in [-0.4, -0.2) is 0 Å². The van der Waals surface area contributed by atoms with Crippen molar-refractivity contribution in [3.8, 4) is 11.3 Å². The summed E-state index contributed by atoms with van der Waals surface area (Å²) in [5, 5.41) is 0.881. The lowest BCUT2D eigenvalue weighted by molar-refractivity contribution is -0.662. The highest BCUT2D eigenvalue weighted by atomic mass is 19.1. The molecule has 0 aliphatic carbocycles. The molecule has 0 spiro atoms. The zero-order chi connectivity index (χ0) is 26.1. The van der Waals surface area contributed by atoms with Gasteiger partial charge in [-0.3, -0.25) is 0 Å². The molecule has 2 heterocycles. The van der Waals surface area contributed by atoms with Crippen molar-refractivity contribution < 1.29 is 20.2 Å². The van der Waals surface area contributed by atoms with E-state index >= 15 is 4.39 Å². The van der Waals surface area contributed by atoms with Gasteiger partial charge in [0.05, 0.1) is 12.1 Å². The van der Waals surface area contributed by atoms with Crippen molar-refractivity contribution in [2.45, 2.75) is 40.9 Å². The number of furan rings is 1. The number of nitrogens with zero attached hydrogens (tertiary/aromatic N) is 2. The summed E-state index contributed by atoms with van der Waals surface area (Å²) in [6.45, 7) is 12.1. The summed E-state index contributed by atoms with van der Waals surface area (Å²) in [6, 6.07) is 7.96. The molecule has 3 nitrogen and oxygen atoms in total. The van der Waals surface area contributed by atoms with Gasteiger partial charge < -0.3 is 4.42 Å². The molecule has 0 amide bonds. The molecule has 0 saturated carbocycles. The predicted octanol–water partition coefficient (Wildman–Crippen LogP) is 6.97. The second kappa shape index (κ2) is 6.95. The number of pyridine rings is 1. The summed E-state index contributed by atoms with van der Waals surface area (Å²) in [5.41, 5.74) is 1.76. The highest BCUT2D eigenvalue weighted by Gasteiger charge is 2.25. The maximum Gasteiger partial charge on any atom is 0.229 e. The molecule has 4 rings (SSSR count). The number of fused-ring (bicyclic) bond motifs is 3. The molecule has 0 aliphatic rings. The molecule has 0 bridgehead atoms. The van der Waals surface area contributed by atoms with Crippen LogP contribution in [0.15, 0.2) is 40.9 Å². The van der Waals surface area contributed by atoms with Gasteiger partial charge in [0.2, 0.25) is 17.6 Å². The fraction of sp³-hybridized carbons (Fsp3) is 0.308. The second-order valence-corrected chi connectivity index (χ2v) is 8.59. The normalized spacial score (nSPS) is 15.3. The van der Waals surface area contributed by atoms with Crippen molar-refractivity contribution >= 4 is 27.6 Å². The molecule has 0 aliphatic heterocycles. The maximum absolute atomic E-state index is 15.1. The third kappa shape index (κ3) is 3.25. The first-order valence-corrected chi connectivity index (χ1v) is 9.66. The van der Waals surface area contributed by atoms with Gasteiger partial charge >= 0.3 is 0 Å². The summed E-state index contributed by atoms with van der Waals surface area (Å²) in [7, 11) is 1.66. The van der Waals surface area contributed by atoms with Crippen LogP contribution in [0.4, 0.5) is 10.1 Å². The zero-order valence-electron chi connectivity index (χ0n) is 22.6. The average Bonchev–Trinajstić information content (AvgIpc) is 3.11. The van der Waals surface area contributed by atoms with Gasteiger partial charge in [0, 0.05) is 29.3 Å². The Bertz CT molecular complexity index is 1540. The van der Waals surface area contributed by atoms with Crippen LogP contribution in [0.5, 0.6) is 0 Å². The van der Waals surface area contributed by atoms with Crippen molar-refractivity contribution in [2.75, 3.05) is 0 Å². The van der Waals surface area contributed by atoms with E-state index in [9.17, 15) is 0 Å². The smallest absolute Gasteiger partial charge is 0.229 e. The Hall–Kier alpha value is -3.19. The number of benzene rings is 2. The van der Waals surface area contributed by atoms with Crippen LogP contribution >= 0.6 is 0 Å². The van der Waals surface area contributed by atoms with Crippen LogP contribution in [0.3, 0.4) is 0 Å². The van der Waals surface area contributed by atoms with E-state index in [1.165, 1.54) is 24.4 Å². The van der Waals surface area contributed by atoms with Gasteiger partial charge in [0.1, 0.15) is 18.2 Å². The molecule has 0 saturated heterocycles. The Labute approximate surface area is 183 Å². The number of rotatable bonds is 2. The quantitative estimate of drug-likeness (QED) is 0.260. The Morgan fingerprint density at radius 1 is 1.20 bits per heavy atom. The molecular formula is C26H26FN2O+. The summed E-state index contributed by atoms with van der Waals surface area (Å²) < 4.78 is 64.1. The largest absolute Gasteiger partial charge is 0.466 e. The maximum atomic E-state index is 15.1. The highest BCUT2D eigenvalue weighted by molar-refractivity contribution is 6.14. The molecule has 0 N–H and O–H groups in total. The van der Waals surface area contributed by atoms with E-state index in [0.717, 1.165) is 5.56 Å². The average molecular weight is 407 g/mol. The number of aryl methyl sites for hydroxylation is 3. The van der Waals surface area contributed by atoms with Gasteiger partial charge in [-0.2, -0.15) is 4.57 Å². The lowest BCUT2D eigenvalue weighted by atomic mass is 9.87. The van der Waals surface area contributed by atoms with Crippen LogP contribution in [0, 0.1) is 31.6 Å². The third-order valence-electron chi connectivity index (χ3n) is 5.09. The van der Waals surface area contributed by atoms with Crippen molar-refractivity contribution in [3.05, 3.63) is 70.5 Å². The van der Waals surface area contributed by atoms with Gasteiger partial charge in [0.15, 0.2) is 5.82 Å². The van der Waals surface area contributed by atoms with Crippen molar-refractivity contribution in [1.29, 1.82) is 0 Å². The first kappa shape index (κ1) is 14.7. The van der Waals surface area contributed by atoms with E-state index in [1.54, 1.807) is 38.5 Å². The van der Waals surface area contributed by atoms with Crippen molar-refractivity contribution in [1.82, 2.24) is 0 Å². The zero-order valence-corrected chi connectivity index (χ0v) is 17.6. The van der Waals surface area contributed by atoms with Gasteiger partial charge in [-0.1, -0.05) is 45.0 Å². The summed E-state index contributed by atoms with van der Waals surface area (Å²) in [5.74, 6) is -0.661. The van der Waals surface area contributed by atoms with E-state index < -0.39 is 24.5 Å². The lowest BCUT2D eigenvalue weighted by Gasteiger charge is -2.18. The minimum atomic E-state index is -2.42. The fourth-order valence-electron chi connectivity index (χ4n) is 3.80. The topological polar surface area (TPSA) is 21.4 Å². The van der Waals surface area contributed by atoms with Crippen LogP contribution in [0.1, 0.15) is 44.3 Å². The minimum absolute atomic E-state index is 0.0735. The van der Waals surface area contributed by atoms with Crippen LogP contribution in [0.2, 0.25) is 0 Å². The Morgan fingerprint density at radius 2 is 1.93 bits per heavy atom. The SMILES string of the molecule is [2H]C([2H])([2H])c1ccc([N+]#[C-])c2oc3c(-c4cc(C([2H])([2H])C(C)(C)C)c(F)c[n+]4C)c(C)ccc3c12. The van der Waals surface area contributed by atoms with Crippen LogP contribution < -0.4 is 4.57 Å². The summed E-state index contributed by atoms with van der Waals surface area (Å²) in [4.78, 5) is 3.51. The molecule has 2 aromatic carbocycles. The molecule has 0 radical (unpaired) electrons. The number of hydrogen-bond donors (Lipinski definition) is 0. The third-order valence-corrected chi connectivity index (χ3v) is 5.09. The lowest BCUT2D eigenvalue weighted by Crippen LogP contribution is -2.32. The first-order valence-electron chi connectivity index (χ1n) is 12.2. The van der Waals surface area contributed by atoms with E-state index in [0.29, 0.717) is 27.6 Å². The molecule has 4 aromatic rings. The van der Waals surface area contributed by atoms with Gasteiger partial charge in [0.25, 0.3) is 0 Å². The van der Waals surface area contributed by atoms with E-state index in [2.05, 4.69) is 4.85 Å². The van der Waals surface area contributed by atoms with Gasteiger partial charge in [-0.05, 0) is 36.7 Å². The van der Waals surface area contributed by atoms with E-state index in [1.807, 2.05) is 13.0 Å². The van der Waals surface area contributed by atoms with E-state index in [4.69, 9.17) is 17.8 Å². The molecule has 4 heteroatoms. The van der Waals surface area contributed by atoms with Crippen molar-refractivity contribution in [3.63, 3.8) is 0 Å². The molecular weight excluding hydrogens is 375 g/mol. The second-order valence-electron chi connectivity index (χ2n) is 8.59. The van der Waals surface area contributed by atoms with Crippen LogP contribution in [0.25, 0.3) is 38.0 Å². The highest BCUT2D eigenvalue weighted by Crippen LogP contribution is 2.41. The van der Waals surface area contributed by atoms with Crippen LogP contribution in [-0.2, 0) is 13.4 Å². The minimum Gasteiger partial charge on any atom is -0.466 e. The van der Waals surface area contributed by atoms with E-state index in [-0.39, 0.29) is 22.4 Å². The fourth-order valence-corrected chi connectivity index (χ4v) is 3.80. The molecule has 30 heavy (non-hydrogen) atoms. The standard InChI is InChI=1S/C26H26FN2O/c1-15-9-11-20(28-6)25-22(15)18-10-8-16(2)23(24(18)30-25)21-12-17(13-26(3,4)5)19(27)14-29(21)7/h8-12,14H,13H2,1-5,7H3/q+1/i1D3,13D2. The number of hydrogen-bond acceptors (Lipinski definition) is 1. The van der Waals surface area contributed by atoms with Crippen molar-refractivity contribution in [2.24, 2.45) is 12.5 Å². The van der Waals surface area contributed by atoms with Gasteiger partial charge in [-0.25, -0.2) is 9.24 Å². The Morgan fingerprint density at radius 3 is 2.60 bits per heavy atom. The molecule has 2 aromatic heterocycles. The summed E-state index contributed by atoms with van der Waals surface area (Å²) >= 11 is 0. The number of aromatic nitrogens is 1. The Balaban J connectivity index is 2.15. The molecule has 0 atom stereocenters. The van der Waals surface area contributed by atoms with Gasteiger partial charge in [-0.15, -0.1) is 0 Å². The number of halogens is 1. The first-order chi connectivity index (χ1) is 16.1. The molecule has 0 fully saturated rings. The Kier molecular flexibility index (Phi) is 3.41. The summed E-state index contributed by atoms with van der Waals surface area (Å²) in [6.07, 6.45) is -0.727.